The van der Waals surface area contributed by atoms with Crippen LogP contribution in [-0.4, -0.2) is 15.0 Å². The van der Waals surface area contributed by atoms with Crippen molar-refractivity contribution in [1.82, 2.24) is 15.0 Å². The van der Waals surface area contributed by atoms with Crippen molar-refractivity contribution >= 4 is 11.8 Å². The van der Waals surface area contributed by atoms with Crippen LogP contribution in [0.2, 0.25) is 0 Å². The summed E-state index contributed by atoms with van der Waals surface area (Å²) in [5.74, 6) is 1.92. The Bertz CT molecular complexity index is 2910. The number of aromatic nitrogens is 3. The SMILES string of the molecule is c1ccc(-c2nc(-c3cccc(-c4ccc5c(c4)Sc4ccccc4C54c5ccccc5-c5ccccc54)c3)nc(-c3ccccc3-c3ccccc3)n2)cc1. The fourth-order valence-electron chi connectivity index (χ4n) is 8.77. The summed E-state index contributed by atoms with van der Waals surface area (Å²) in [5.41, 5.74) is 14.9. The van der Waals surface area contributed by atoms with Gasteiger partial charge in [-0.1, -0.05) is 194 Å². The summed E-state index contributed by atoms with van der Waals surface area (Å²) in [6, 6.07) is 71.5. The van der Waals surface area contributed by atoms with Crippen LogP contribution in [0.5, 0.6) is 0 Å². The van der Waals surface area contributed by atoms with E-state index >= 15 is 0 Å². The molecule has 2 aliphatic rings. The maximum atomic E-state index is 5.18. The van der Waals surface area contributed by atoms with Crippen LogP contribution < -0.4 is 0 Å². The number of hydrogen-bond acceptors (Lipinski definition) is 4. The molecule has 1 spiro atoms. The van der Waals surface area contributed by atoms with Crippen molar-refractivity contribution in [1.29, 1.82) is 0 Å². The van der Waals surface area contributed by atoms with Crippen LogP contribution in [0.4, 0.5) is 0 Å². The zero-order valence-corrected chi connectivity index (χ0v) is 31.1. The Hall–Kier alpha value is -6.88. The van der Waals surface area contributed by atoms with Gasteiger partial charge in [-0.15, -0.1) is 0 Å². The fourth-order valence-corrected chi connectivity index (χ4v) is 10.00. The Morgan fingerprint density at radius 1 is 0.286 bits per heavy atom. The van der Waals surface area contributed by atoms with Gasteiger partial charge in [0.2, 0.25) is 0 Å². The zero-order valence-electron chi connectivity index (χ0n) is 30.3. The molecule has 3 nitrogen and oxygen atoms in total. The third kappa shape index (κ3) is 5.10. The fraction of sp³-hybridized carbons (Fsp3) is 0.0192. The second-order valence-corrected chi connectivity index (χ2v) is 15.4. The molecule has 0 unspecified atom stereocenters. The average molecular weight is 732 g/mol. The van der Waals surface area contributed by atoms with E-state index in [4.69, 9.17) is 15.0 Å². The quantitative estimate of drug-likeness (QED) is 0.177. The predicted molar refractivity (Wildman–Crippen MR) is 228 cm³/mol. The lowest BCUT2D eigenvalue weighted by Crippen LogP contribution is -2.31. The number of rotatable bonds is 5. The number of hydrogen-bond donors (Lipinski definition) is 0. The van der Waals surface area contributed by atoms with E-state index in [-0.39, 0.29) is 0 Å². The van der Waals surface area contributed by atoms with Crippen LogP contribution in [0.25, 0.3) is 67.5 Å². The minimum Gasteiger partial charge on any atom is -0.208 e. The molecule has 0 amide bonds. The Balaban J connectivity index is 1.06. The molecular weight excluding hydrogens is 699 g/mol. The molecule has 1 aromatic heterocycles. The maximum absolute atomic E-state index is 5.18. The van der Waals surface area contributed by atoms with Gasteiger partial charge in [-0.2, -0.15) is 0 Å². The highest BCUT2D eigenvalue weighted by Crippen LogP contribution is 2.62. The first-order chi connectivity index (χ1) is 27.8. The van der Waals surface area contributed by atoms with Crippen molar-refractivity contribution in [3.63, 3.8) is 0 Å². The molecule has 8 aromatic carbocycles. The van der Waals surface area contributed by atoms with Crippen LogP contribution in [0.3, 0.4) is 0 Å². The van der Waals surface area contributed by atoms with E-state index in [1.165, 1.54) is 43.2 Å². The molecule has 0 fully saturated rings. The van der Waals surface area contributed by atoms with Gasteiger partial charge >= 0.3 is 0 Å². The predicted octanol–water partition coefficient (Wildman–Crippen LogP) is 13.0. The van der Waals surface area contributed by atoms with Crippen LogP contribution >= 0.6 is 11.8 Å². The van der Waals surface area contributed by atoms with Gasteiger partial charge in [0.15, 0.2) is 17.5 Å². The zero-order chi connectivity index (χ0) is 37.1. The van der Waals surface area contributed by atoms with Gasteiger partial charge in [-0.3, -0.25) is 0 Å². The lowest BCUT2D eigenvalue weighted by atomic mass is 9.67. The molecule has 2 heterocycles. The normalized spacial score (nSPS) is 13.1. The summed E-state index contributed by atoms with van der Waals surface area (Å²) in [5, 5.41) is 0. The van der Waals surface area contributed by atoms with Gasteiger partial charge in [-0.25, -0.2) is 15.0 Å². The van der Waals surface area contributed by atoms with E-state index in [2.05, 4.69) is 170 Å². The van der Waals surface area contributed by atoms with Crippen molar-refractivity contribution in [2.24, 2.45) is 0 Å². The van der Waals surface area contributed by atoms with Gasteiger partial charge < -0.3 is 0 Å². The number of fused-ring (bicyclic) bond motifs is 9. The average Bonchev–Trinajstić information content (AvgIpc) is 3.57. The lowest BCUT2D eigenvalue weighted by Gasteiger charge is -2.39. The summed E-state index contributed by atoms with van der Waals surface area (Å²) >= 11 is 1.87. The van der Waals surface area contributed by atoms with E-state index in [9.17, 15) is 0 Å². The Morgan fingerprint density at radius 2 is 0.768 bits per heavy atom. The summed E-state index contributed by atoms with van der Waals surface area (Å²) in [6.45, 7) is 0. The first kappa shape index (κ1) is 32.5. The molecule has 0 N–H and O–H groups in total. The second kappa shape index (κ2) is 13.2. The van der Waals surface area contributed by atoms with Crippen LogP contribution in [0.1, 0.15) is 22.3 Å². The van der Waals surface area contributed by atoms with Crippen molar-refractivity contribution in [2.75, 3.05) is 0 Å². The molecule has 0 atom stereocenters. The standard InChI is InChI=1S/C52H33N3S/c1-3-16-34(17-4-1)39-22-7-8-25-42(39)51-54-49(35-18-5-2-6-19-35)53-50(55-51)38-21-15-20-36(32-38)37-30-31-46-48(33-37)56-47-29-14-13-28-45(47)52(46)43-26-11-9-23-40(43)41-24-10-12-27-44(41)52/h1-33H. The summed E-state index contributed by atoms with van der Waals surface area (Å²) < 4.78 is 0. The van der Waals surface area contributed by atoms with Gasteiger partial charge in [0.1, 0.15) is 0 Å². The van der Waals surface area contributed by atoms with E-state index in [1.54, 1.807) is 0 Å². The van der Waals surface area contributed by atoms with Crippen LogP contribution in [0.15, 0.2) is 210 Å². The van der Waals surface area contributed by atoms with Crippen LogP contribution in [0, 0.1) is 0 Å². The molecular formula is C52H33N3S. The third-order valence-electron chi connectivity index (χ3n) is 11.2. The van der Waals surface area contributed by atoms with Crippen molar-refractivity contribution < 1.29 is 0 Å². The molecule has 0 saturated carbocycles. The largest absolute Gasteiger partial charge is 0.208 e. The molecule has 4 heteroatoms. The molecule has 56 heavy (non-hydrogen) atoms. The smallest absolute Gasteiger partial charge is 0.164 e. The van der Waals surface area contributed by atoms with Crippen LogP contribution in [-0.2, 0) is 5.41 Å². The van der Waals surface area contributed by atoms with Crippen molar-refractivity contribution in [3.05, 3.63) is 222 Å². The molecule has 9 aromatic rings. The van der Waals surface area contributed by atoms with E-state index in [1.807, 2.05) is 42.1 Å². The topological polar surface area (TPSA) is 38.7 Å². The first-order valence-corrected chi connectivity index (χ1v) is 19.8. The molecule has 0 radical (unpaired) electrons. The van der Waals surface area contributed by atoms with Crippen molar-refractivity contribution in [3.8, 4) is 67.5 Å². The minimum atomic E-state index is -0.393. The van der Waals surface area contributed by atoms with Gasteiger partial charge in [0.05, 0.1) is 5.41 Å². The number of benzene rings is 8. The molecule has 1 aliphatic heterocycles. The van der Waals surface area contributed by atoms with Gasteiger partial charge in [0, 0.05) is 26.5 Å². The van der Waals surface area contributed by atoms with Crippen molar-refractivity contribution in [2.45, 2.75) is 15.2 Å². The highest BCUT2D eigenvalue weighted by Gasteiger charge is 2.50. The van der Waals surface area contributed by atoms with E-state index < -0.39 is 5.41 Å². The van der Waals surface area contributed by atoms with Gasteiger partial charge in [0.25, 0.3) is 0 Å². The molecule has 11 rings (SSSR count). The molecule has 262 valence electrons. The Labute approximate surface area is 330 Å². The molecule has 0 bridgehead atoms. The van der Waals surface area contributed by atoms with Gasteiger partial charge in [-0.05, 0) is 73.8 Å². The minimum absolute atomic E-state index is 0.393. The molecule has 1 aliphatic carbocycles. The molecule has 0 saturated heterocycles. The highest BCUT2D eigenvalue weighted by atomic mass is 32.2. The summed E-state index contributed by atoms with van der Waals surface area (Å²) in [7, 11) is 0. The summed E-state index contributed by atoms with van der Waals surface area (Å²) in [4.78, 5) is 17.9. The number of nitrogens with zero attached hydrogens (tertiary/aromatic N) is 3. The van der Waals surface area contributed by atoms with E-state index in [0.717, 1.165) is 38.9 Å². The van der Waals surface area contributed by atoms with E-state index in [0.29, 0.717) is 17.5 Å². The third-order valence-corrected chi connectivity index (χ3v) is 12.4. The Morgan fingerprint density at radius 3 is 1.48 bits per heavy atom. The lowest BCUT2D eigenvalue weighted by molar-refractivity contribution is 0.722. The highest BCUT2D eigenvalue weighted by molar-refractivity contribution is 7.99. The Kier molecular flexibility index (Phi) is 7.64. The second-order valence-electron chi connectivity index (χ2n) is 14.3. The monoisotopic (exact) mass is 731 g/mol. The first-order valence-electron chi connectivity index (χ1n) is 18.9. The summed E-state index contributed by atoms with van der Waals surface area (Å²) in [6.07, 6.45) is 0. The maximum Gasteiger partial charge on any atom is 0.164 e.